The largest absolute Gasteiger partial charge is 0.332 e. The molecule has 3 nitrogen and oxygen atoms in total. The first-order valence-corrected chi connectivity index (χ1v) is 6.37. The summed E-state index contributed by atoms with van der Waals surface area (Å²) in [4.78, 5) is 16.2. The van der Waals surface area contributed by atoms with E-state index in [1.807, 2.05) is 36.0 Å². The molecule has 1 radical (unpaired) electrons. The quantitative estimate of drug-likeness (QED) is 0.791. The van der Waals surface area contributed by atoms with E-state index < -0.39 is 0 Å². The van der Waals surface area contributed by atoms with Gasteiger partial charge in [0.2, 0.25) is 5.91 Å². The van der Waals surface area contributed by atoms with Gasteiger partial charge < -0.3 is 9.80 Å². The Morgan fingerprint density at radius 1 is 1.50 bits per heavy atom. The van der Waals surface area contributed by atoms with Gasteiger partial charge in [-0.3, -0.25) is 4.79 Å². The molecule has 0 spiro atoms. The summed E-state index contributed by atoms with van der Waals surface area (Å²) >= 11 is 0. The van der Waals surface area contributed by atoms with Crippen molar-refractivity contribution in [3.63, 3.8) is 0 Å². The molecular formula is C15H21N2O. The van der Waals surface area contributed by atoms with E-state index in [2.05, 4.69) is 26.0 Å². The van der Waals surface area contributed by atoms with Gasteiger partial charge in [0.1, 0.15) is 0 Å². The standard InChI is InChI=1S/C15H21N2O/c1-15(2)13-8-6-5-7-12(13)9-10-17(15)14(18)11-16(3)4/h6-8H,9-11H2,1-4H3. The number of benzene rings is 1. The molecule has 1 heterocycles. The predicted molar refractivity (Wildman–Crippen MR) is 72.3 cm³/mol. The lowest BCUT2D eigenvalue weighted by molar-refractivity contribution is -0.138. The zero-order chi connectivity index (χ0) is 13.3. The minimum atomic E-state index is -0.226. The topological polar surface area (TPSA) is 23.6 Å². The van der Waals surface area contributed by atoms with Gasteiger partial charge in [0.05, 0.1) is 12.1 Å². The van der Waals surface area contributed by atoms with Gasteiger partial charge in [-0.15, -0.1) is 0 Å². The number of nitrogens with zero attached hydrogens (tertiary/aromatic N) is 2. The van der Waals surface area contributed by atoms with E-state index in [4.69, 9.17) is 0 Å². The number of carbonyl (C=O) groups is 1. The molecule has 0 saturated heterocycles. The van der Waals surface area contributed by atoms with Crippen molar-refractivity contribution in [1.29, 1.82) is 0 Å². The molecule has 0 bridgehead atoms. The Balaban J connectivity index is 2.30. The molecule has 97 valence electrons. The molecular weight excluding hydrogens is 224 g/mol. The van der Waals surface area contributed by atoms with E-state index in [0.717, 1.165) is 13.0 Å². The van der Waals surface area contributed by atoms with Crippen LogP contribution in [0.4, 0.5) is 0 Å². The highest BCUT2D eigenvalue weighted by Gasteiger charge is 2.36. The van der Waals surface area contributed by atoms with Crippen LogP contribution in [-0.2, 0) is 16.8 Å². The fraction of sp³-hybridized carbons (Fsp3) is 0.533. The van der Waals surface area contributed by atoms with Gasteiger partial charge in [0, 0.05) is 6.54 Å². The maximum Gasteiger partial charge on any atom is 0.237 e. The molecule has 1 aliphatic heterocycles. The Bertz CT molecular complexity index is 452. The van der Waals surface area contributed by atoms with Gasteiger partial charge in [-0.05, 0) is 51.6 Å². The van der Waals surface area contributed by atoms with Crippen LogP contribution < -0.4 is 0 Å². The van der Waals surface area contributed by atoms with Crippen molar-refractivity contribution in [1.82, 2.24) is 9.80 Å². The van der Waals surface area contributed by atoms with Gasteiger partial charge >= 0.3 is 0 Å². The average molecular weight is 245 g/mol. The summed E-state index contributed by atoms with van der Waals surface area (Å²) in [5.41, 5.74) is 2.34. The van der Waals surface area contributed by atoms with Gasteiger partial charge in [-0.1, -0.05) is 18.2 Å². The van der Waals surface area contributed by atoms with E-state index >= 15 is 0 Å². The Labute approximate surface area is 109 Å². The van der Waals surface area contributed by atoms with Crippen molar-refractivity contribution in [3.05, 3.63) is 35.4 Å². The van der Waals surface area contributed by atoms with Crippen molar-refractivity contribution in [2.75, 3.05) is 27.2 Å². The number of likely N-dealkylation sites (N-methyl/N-ethyl adjacent to an activating group) is 1. The molecule has 0 fully saturated rings. The third-order valence-electron chi connectivity index (χ3n) is 3.64. The van der Waals surface area contributed by atoms with E-state index in [-0.39, 0.29) is 11.4 Å². The van der Waals surface area contributed by atoms with E-state index in [1.54, 1.807) is 0 Å². The van der Waals surface area contributed by atoms with Crippen molar-refractivity contribution in [2.24, 2.45) is 0 Å². The zero-order valence-corrected chi connectivity index (χ0v) is 11.7. The highest BCUT2D eigenvalue weighted by molar-refractivity contribution is 5.79. The molecule has 3 heteroatoms. The second-order valence-electron chi connectivity index (χ2n) is 5.68. The number of rotatable bonds is 2. The zero-order valence-electron chi connectivity index (χ0n) is 11.7. The van der Waals surface area contributed by atoms with E-state index in [1.165, 1.54) is 11.1 Å². The summed E-state index contributed by atoms with van der Waals surface area (Å²) in [7, 11) is 3.86. The highest BCUT2D eigenvalue weighted by Crippen LogP contribution is 2.34. The summed E-state index contributed by atoms with van der Waals surface area (Å²) in [6, 6.07) is 9.19. The molecule has 1 aromatic carbocycles. The fourth-order valence-corrected chi connectivity index (χ4v) is 2.72. The van der Waals surface area contributed by atoms with Gasteiger partial charge in [-0.25, -0.2) is 0 Å². The Hall–Kier alpha value is -1.35. The summed E-state index contributed by atoms with van der Waals surface area (Å²) in [6.45, 7) is 5.51. The molecule has 0 N–H and O–H groups in total. The van der Waals surface area contributed by atoms with E-state index in [0.29, 0.717) is 6.54 Å². The van der Waals surface area contributed by atoms with Crippen LogP contribution in [0.3, 0.4) is 0 Å². The monoisotopic (exact) mass is 245 g/mol. The minimum Gasteiger partial charge on any atom is -0.332 e. The fourth-order valence-electron chi connectivity index (χ4n) is 2.72. The van der Waals surface area contributed by atoms with Crippen molar-refractivity contribution >= 4 is 5.91 Å². The van der Waals surface area contributed by atoms with Crippen LogP contribution in [0.1, 0.15) is 25.0 Å². The lowest BCUT2D eigenvalue weighted by atomic mass is 9.83. The average Bonchev–Trinajstić information content (AvgIpc) is 2.28. The maximum absolute atomic E-state index is 12.3. The first-order chi connectivity index (χ1) is 8.43. The van der Waals surface area contributed by atoms with Crippen molar-refractivity contribution < 1.29 is 4.79 Å². The van der Waals surface area contributed by atoms with Crippen LogP contribution in [0.25, 0.3) is 0 Å². The van der Waals surface area contributed by atoms with Gasteiger partial charge in [-0.2, -0.15) is 0 Å². The number of hydrogen-bond acceptors (Lipinski definition) is 2. The van der Waals surface area contributed by atoms with Gasteiger partial charge in [0.15, 0.2) is 0 Å². The first kappa shape index (κ1) is 13.1. The number of amides is 1. The molecule has 0 unspecified atom stereocenters. The number of hydrogen-bond donors (Lipinski definition) is 0. The third kappa shape index (κ3) is 2.27. The van der Waals surface area contributed by atoms with Crippen LogP contribution >= 0.6 is 0 Å². The predicted octanol–water partition coefficient (Wildman–Crippen LogP) is 1.67. The second kappa shape index (κ2) is 4.73. The molecule has 1 aromatic rings. The second-order valence-corrected chi connectivity index (χ2v) is 5.68. The smallest absolute Gasteiger partial charge is 0.237 e. The van der Waals surface area contributed by atoms with Gasteiger partial charge in [0.25, 0.3) is 0 Å². The first-order valence-electron chi connectivity index (χ1n) is 6.37. The summed E-state index contributed by atoms with van der Waals surface area (Å²) in [5, 5.41) is 0. The number of carbonyl (C=O) groups excluding carboxylic acids is 1. The van der Waals surface area contributed by atoms with Crippen LogP contribution in [0.2, 0.25) is 0 Å². The Kier molecular flexibility index (Phi) is 3.44. The van der Waals surface area contributed by atoms with Crippen molar-refractivity contribution in [2.45, 2.75) is 25.8 Å². The molecule has 1 aliphatic rings. The van der Waals surface area contributed by atoms with Crippen LogP contribution in [0.15, 0.2) is 18.2 Å². The molecule has 0 aliphatic carbocycles. The molecule has 1 amide bonds. The third-order valence-corrected chi connectivity index (χ3v) is 3.64. The Morgan fingerprint density at radius 2 is 2.22 bits per heavy atom. The normalized spacial score (nSPS) is 17.7. The van der Waals surface area contributed by atoms with Crippen LogP contribution in [0, 0.1) is 6.07 Å². The SMILES string of the molecule is CN(C)CC(=O)N1CCc2c[c]ccc2C1(C)C. The summed E-state index contributed by atoms with van der Waals surface area (Å²) in [6.07, 6.45) is 0.926. The summed E-state index contributed by atoms with van der Waals surface area (Å²) < 4.78 is 0. The van der Waals surface area contributed by atoms with Crippen LogP contribution in [-0.4, -0.2) is 42.9 Å². The maximum atomic E-state index is 12.3. The molecule has 0 saturated carbocycles. The van der Waals surface area contributed by atoms with E-state index in [9.17, 15) is 4.79 Å². The lowest BCUT2D eigenvalue weighted by Crippen LogP contribution is -2.52. The molecule has 0 aromatic heterocycles. The molecule has 18 heavy (non-hydrogen) atoms. The highest BCUT2D eigenvalue weighted by atomic mass is 16.2. The van der Waals surface area contributed by atoms with Crippen molar-refractivity contribution in [3.8, 4) is 0 Å². The molecule has 0 atom stereocenters. The number of fused-ring (bicyclic) bond motifs is 1. The lowest BCUT2D eigenvalue weighted by Gasteiger charge is -2.44. The molecule has 2 rings (SSSR count). The van der Waals surface area contributed by atoms with Crippen LogP contribution in [0.5, 0.6) is 0 Å². The minimum absolute atomic E-state index is 0.198. The summed E-state index contributed by atoms with van der Waals surface area (Å²) in [5.74, 6) is 0.198. The Morgan fingerprint density at radius 3 is 2.89 bits per heavy atom.